The molecular formula is C24H43NO. The molecule has 1 amide bonds. The topological polar surface area (TPSA) is 29.1 Å². The monoisotopic (exact) mass is 361 g/mol. The fourth-order valence-corrected chi connectivity index (χ4v) is 7.73. The fourth-order valence-electron chi connectivity index (χ4n) is 7.73. The molecule has 7 atom stereocenters. The van der Waals surface area contributed by atoms with Crippen LogP contribution >= 0.6 is 0 Å². The van der Waals surface area contributed by atoms with E-state index in [1.807, 2.05) is 6.92 Å². The van der Waals surface area contributed by atoms with Gasteiger partial charge < -0.3 is 5.32 Å². The lowest BCUT2D eigenvalue weighted by molar-refractivity contribution is -0.120. The summed E-state index contributed by atoms with van der Waals surface area (Å²) < 4.78 is 0. The first kappa shape index (κ1) is 20.2. The molecule has 0 spiro atoms. The van der Waals surface area contributed by atoms with E-state index in [1.54, 1.807) is 52.0 Å². The molecule has 4 aliphatic rings. The molecule has 4 aliphatic carbocycles. The quantitative estimate of drug-likeness (QED) is 0.592. The van der Waals surface area contributed by atoms with Crippen LogP contribution in [0.25, 0.3) is 0 Å². The molecule has 2 nitrogen and oxygen atoms in total. The van der Waals surface area contributed by atoms with Crippen LogP contribution < -0.4 is 5.32 Å². The maximum Gasteiger partial charge on any atom is 0.219 e. The average molecular weight is 362 g/mol. The summed E-state index contributed by atoms with van der Waals surface area (Å²) >= 11 is 0. The number of hydrogen-bond acceptors (Lipinski definition) is 1. The van der Waals surface area contributed by atoms with Crippen molar-refractivity contribution >= 4 is 5.91 Å². The maximum absolute atomic E-state index is 10.1. The predicted octanol–water partition coefficient (Wildman–Crippen LogP) is 6.20. The Kier molecular flexibility index (Phi) is 6.09. The number of hydrogen-bond donors (Lipinski definition) is 1. The van der Waals surface area contributed by atoms with Gasteiger partial charge in [-0.2, -0.15) is 0 Å². The van der Waals surface area contributed by atoms with E-state index in [0.29, 0.717) is 11.8 Å². The van der Waals surface area contributed by atoms with Crippen LogP contribution in [-0.2, 0) is 4.79 Å². The van der Waals surface area contributed by atoms with Gasteiger partial charge in [-0.3, -0.25) is 4.79 Å². The SMILES string of the molecule is CC1CCC2C3CCC4CCCCC4(C)C3CCC12C.CCC(=O)NC. The van der Waals surface area contributed by atoms with Crippen molar-refractivity contribution < 1.29 is 4.79 Å². The van der Waals surface area contributed by atoms with E-state index in [-0.39, 0.29) is 5.91 Å². The van der Waals surface area contributed by atoms with Gasteiger partial charge in [0.1, 0.15) is 0 Å². The summed E-state index contributed by atoms with van der Waals surface area (Å²) in [5.41, 5.74) is 1.44. The zero-order valence-electron chi connectivity index (χ0n) is 18.1. The molecule has 0 bridgehead atoms. The van der Waals surface area contributed by atoms with Crippen molar-refractivity contribution in [1.29, 1.82) is 0 Å². The number of amides is 1. The van der Waals surface area contributed by atoms with E-state index in [1.165, 1.54) is 19.3 Å². The highest BCUT2D eigenvalue weighted by molar-refractivity contribution is 5.74. The van der Waals surface area contributed by atoms with Gasteiger partial charge in [0, 0.05) is 13.5 Å². The van der Waals surface area contributed by atoms with E-state index < -0.39 is 0 Å². The van der Waals surface area contributed by atoms with Crippen LogP contribution in [0.15, 0.2) is 0 Å². The van der Waals surface area contributed by atoms with Gasteiger partial charge in [0.15, 0.2) is 0 Å². The zero-order chi connectivity index (χ0) is 18.9. The summed E-state index contributed by atoms with van der Waals surface area (Å²) in [7, 11) is 1.63. The first-order valence-corrected chi connectivity index (χ1v) is 11.6. The third-order valence-electron chi connectivity index (χ3n) is 9.66. The zero-order valence-corrected chi connectivity index (χ0v) is 18.1. The largest absolute Gasteiger partial charge is 0.359 e. The van der Waals surface area contributed by atoms with Gasteiger partial charge in [-0.25, -0.2) is 0 Å². The van der Waals surface area contributed by atoms with E-state index in [4.69, 9.17) is 0 Å². The Labute approximate surface area is 162 Å². The lowest BCUT2D eigenvalue weighted by Gasteiger charge is -2.60. The predicted molar refractivity (Wildman–Crippen MR) is 110 cm³/mol. The number of nitrogens with one attached hydrogen (secondary N) is 1. The Hall–Kier alpha value is -0.530. The molecule has 26 heavy (non-hydrogen) atoms. The summed E-state index contributed by atoms with van der Waals surface area (Å²) in [5, 5.41) is 2.48. The van der Waals surface area contributed by atoms with Gasteiger partial charge in [0.25, 0.3) is 0 Å². The van der Waals surface area contributed by atoms with Crippen LogP contribution in [0.1, 0.15) is 98.3 Å². The lowest BCUT2D eigenvalue weighted by atomic mass is 9.45. The molecule has 0 aromatic rings. The molecule has 1 N–H and O–H groups in total. The molecule has 0 radical (unpaired) electrons. The number of fused-ring (bicyclic) bond motifs is 5. The van der Waals surface area contributed by atoms with Gasteiger partial charge in [-0.1, -0.05) is 40.5 Å². The summed E-state index contributed by atoms with van der Waals surface area (Å²) in [4.78, 5) is 10.1. The van der Waals surface area contributed by atoms with Crippen molar-refractivity contribution in [3.63, 3.8) is 0 Å². The molecular weight excluding hydrogens is 318 g/mol. The Morgan fingerprint density at radius 3 is 2.31 bits per heavy atom. The minimum Gasteiger partial charge on any atom is -0.359 e. The number of rotatable bonds is 1. The number of carbonyl (C=O) groups is 1. The highest BCUT2D eigenvalue weighted by Gasteiger charge is 2.58. The molecule has 150 valence electrons. The van der Waals surface area contributed by atoms with E-state index in [0.717, 1.165) is 35.0 Å². The molecule has 0 heterocycles. The molecule has 4 rings (SSSR count). The van der Waals surface area contributed by atoms with Crippen LogP contribution in [-0.4, -0.2) is 13.0 Å². The third kappa shape index (κ3) is 3.35. The second-order valence-electron chi connectivity index (χ2n) is 10.5. The second-order valence-corrected chi connectivity index (χ2v) is 10.5. The minimum atomic E-state index is 0.0926. The standard InChI is InChI=1S/C20H34.C4H9NO/c1-14-7-10-17-16-9-8-15-6-4-5-12-20(15,3)18(16)11-13-19(14,17)2;1-3-4(6)5-2/h14-18H,4-13H2,1-3H3;3H2,1-2H3,(H,5,6). The highest BCUT2D eigenvalue weighted by Crippen LogP contribution is 2.67. The van der Waals surface area contributed by atoms with Crippen LogP contribution in [0.3, 0.4) is 0 Å². The Bertz CT molecular complexity index is 496. The summed E-state index contributed by atoms with van der Waals surface area (Å²) in [5.74, 6) is 5.43. The summed E-state index contributed by atoms with van der Waals surface area (Å²) in [6.07, 6.45) is 16.1. The molecule has 2 heteroatoms. The van der Waals surface area contributed by atoms with Gasteiger partial charge in [-0.05, 0) is 91.8 Å². The van der Waals surface area contributed by atoms with Gasteiger partial charge >= 0.3 is 0 Å². The molecule has 0 saturated heterocycles. The summed E-state index contributed by atoms with van der Waals surface area (Å²) in [6.45, 7) is 9.72. The highest BCUT2D eigenvalue weighted by atomic mass is 16.1. The Morgan fingerprint density at radius 1 is 0.923 bits per heavy atom. The molecule has 7 unspecified atom stereocenters. The lowest BCUT2D eigenvalue weighted by Crippen LogP contribution is -2.52. The summed E-state index contributed by atoms with van der Waals surface area (Å²) in [6, 6.07) is 0. The van der Waals surface area contributed by atoms with E-state index in [2.05, 4.69) is 26.1 Å². The minimum absolute atomic E-state index is 0.0926. The second kappa shape index (κ2) is 7.84. The van der Waals surface area contributed by atoms with Crippen molar-refractivity contribution in [2.24, 2.45) is 40.4 Å². The average Bonchev–Trinajstić information content (AvgIpc) is 2.96. The van der Waals surface area contributed by atoms with E-state index in [9.17, 15) is 4.79 Å². The molecule has 4 fully saturated rings. The van der Waals surface area contributed by atoms with Crippen molar-refractivity contribution in [2.45, 2.75) is 98.3 Å². The van der Waals surface area contributed by atoms with Crippen LogP contribution in [0, 0.1) is 40.4 Å². The molecule has 0 aromatic heterocycles. The molecule has 0 aliphatic heterocycles. The Morgan fingerprint density at radius 2 is 1.65 bits per heavy atom. The fraction of sp³-hybridized carbons (Fsp3) is 0.958. The van der Waals surface area contributed by atoms with Gasteiger partial charge in [0.05, 0.1) is 0 Å². The van der Waals surface area contributed by atoms with Crippen molar-refractivity contribution in [3.8, 4) is 0 Å². The van der Waals surface area contributed by atoms with Crippen molar-refractivity contribution in [1.82, 2.24) is 5.32 Å². The van der Waals surface area contributed by atoms with Crippen molar-refractivity contribution in [2.75, 3.05) is 7.05 Å². The van der Waals surface area contributed by atoms with Crippen LogP contribution in [0.5, 0.6) is 0 Å². The third-order valence-corrected chi connectivity index (χ3v) is 9.66. The van der Waals surface area contributed by atoms with Gasteiger partial charge in [0.2, 0.25) is 5.91 Å². The Balaban J connectivity index is 0.000000286. The van der Waals surface area contributed by atoms with Gasteiger partial charge in [-0.15, -0.1) is 0 Å². The normalized spacial score (nSPS) is 46.9. The first-order chi connectivity index (χ1) is 12.4. The van der Waals surface area contributed by atoms with Crippen LogP contribution in [0.4, 0.5) is 0 Å². The van der Waals surface area contributed by atoms with E-state index >= 15 is 0 Å². The molecule has 4 saturated carbocycles. The smallest absolute Gasteiger partial charge is 0.219 e. The van der Waals surface area contributed by atoms with Crippen LogP contribution in [0.2, 0.25) is 0 Å². The van der Waals surface area contributed by atoms with Crippen molar-refractivity contribution in [3.05, 3.63) is 0 Å². The number of carbonyl (C=O) groups excluding carboxylic acids is 1. The first-order valence-electron chi connectivity index (χ1n) is 11.6. The molecule has 0 aromatic carbocycles. The maximum atomic E-state index is 10.1.